The van der Waals surface area contributed by atoms with Crippen molar-refractivity contribution >= 4 is 11.8 Å². The maximum atomic E-state index is 11.7. The molecule has 23 heavy (non-hydrogen) atoms. The zero-order chi connectivity index (χ0) is 16.5. The number of aromatic nitrogens is 1. The van der Waals surface area contributed by atoms with Gasteiger partial charge in [-0.3, -0.25) is 0 Å². The molecule has 128 valence electrons. The Morgan fingerprint density at radius 2 is 1.96 bits per heavy atom. The number of amides is 2. The summed E-state index contributed by atoms with van der Waals surface area (Å²) in [7, 11) is 2.15. The highest BCUT2D eigenvalue weighted by molar-refractivity contribution is 5.73. The van der Waals surface area contributed by atoms with Gasteiger partial charge in [-0.1, -0.05) is 25.8 Å². The molecule has 0 saturated carbocycles. The predicted molar refractivity (Wildman–Crippen MR) is 93.7 cm³/mol. The van der Waals surface area contributed by atoms with Crippen molar-refractivity contribution in [3.63, 3.8) is 0 Å². The van der Waals surface area contributed by atoms with Crippen LogP contribution in [0.15, 0.2) is 18.3 Å². The average Bonchev–Trinajstić information content (AvgIpc) is 2.58. The van der Waals surface area contributed by atoms with Crippen LogP contribution in [0, 0.1) is 0 Å². The van der Waals surface area contributed by atoms with Gasteiger partial charge in [0.1, 0.15) is 5.82 Å². The van der Waals surface area contributed by atoms with Crippen molar-refractivity contribution in [3.05, 3.63) is 23.9 Å². The van der Waals surface area contributed by atoms with Crippen LogP contribution in [0.4, 0.5) is 10.6 Å². The number of pyridine rings is 1. The fraction of sp³-hybridized carbons (Fsp3) is 0.647. The lowest BCUT2D eigenvalue weighted by atomic mass is 10.2. The number of nitrogens with one attached hydrogen (secondary N) is 2. The summed E-state index contributed by atoms with van der Waals surface area (Å²) in [4.78, 5) is 20.8. The van der Waals surface area contributed by atoms with Crippen molar-refractivity contribution in [1.29, 1.82) is 0 Å². The van der Waals surface area contributed by atoms with Gasteiger partial charge in [0, 0.05) is 45.5 Å². The van der Waals surface area contributed by atoms with Gasteiger partial charge in [-0.2, -0.15) is 0 Å². The minimum atomic E-state index is -0.107. The molecule has 0 bridgehead atoms. The van der Waals surface area contributed by atoms with Gasteiger partial charge in [-0.05, 0) is 25.1 Å². The quantitative estimate of drug-likeness (QED) is 0.753. The van der Waals surface area contributed by atoms with Crippen LogP contribution < -0.4 is 15.5 Å². The standard InChI is InChI=1S/C17H29N5O/c1-3-4-5-8-18-17(23)20-14-15-6-7-16(19-13-15)22-11-9-21(2)10-12-22/h6-7,13H,3-5,8-12,14H2,1-2H3,(H2,18,20,23). The fourth-order valence-corrected chi connectivity index (χ4v) is 2.57. The third-order valence-electron chi connectivity index (χ3n) is 4.16. The summed E-state index contributed by atoms with van der Waals surface area (Å²) in [6, 6.07) is 3.98. The van der Waals surface area contributed by atoms with E-state index in [1.54, 1.807) is 0 Å². The highest BCUT2D eigenvalue weighted by Gasteiger charge is 2.14. The fourth-order valence-electron chi connectivity index (χ4n) is 2.57. The zero-order valence-corrected chi connectivity index (χ0v) is 14.3. The third kappa shape index (κ3) is 6.06. The van der Waals surface area contributed by atoms with Crippen molar-refractivity contribution in [1.82, 2.24) is 20.5 Å². The van der Waals surface area contributed by atoms with Gasteiger partial charge in [0.25, 0.3) is 0 Å². The first-order valence-electron chi connectivity index (χ1n) is 8.59. The molecule has 0 aliphatic carbocycles. The maximum Gasteiger partial charge on any atom is 0.315 e. The summed E-state index contributed by atoms with van der Waals surface area (Å²) in [5.41, 5.74) is 1.02. The van der Waals surface area contributed by atoms with E-state index in [2.05, 4.69) is 39.4 Å². The van der Waals surface area contributed by atoms with Gasteiger partial charge in [0.2, 0.25) is 0 Å². The highest BCUT2D eigenvalue weighted by atomic mass is 16.2. The Morgan fingerprint density at radius 1 is 1.17 bits per heavy atom. The Hall–Kier alpha value is -1.82. The van der Waals surface area contributed by atoms with E-state index >= 15 is 0 Å². The van der Waals surface area contributed by atoms with Crippen LogP contribution in [0.3, 0.4) is 0 Å². The van der Waals surface area contributed by atoms with Crippen molar-refractivity contribution in [2.24, 2.45) is 0 Å². The second-order valence-electron chi connectivity index (χ2n) is 6.13. The molecule has 0 spiro atoms. The van der Waals surface area contributed by atoms with Crippen molar-refractivity contribution in [2.45, 2.75) is 32.7 Å². The van der Waals surface area contributed by atoms with Crippen LogP contribution in [0.5, 0.6) is 0 Å². The molecule has 1 aromatic heterocycles. The molecule has 2 amide bonds. The number of urea groups is 1. The monoisotopic (exact) mass is 319 g/mol. The van der Waals surface area contributed by atoms with Crippen molar-refractivity contribution in [2.75, 3.05) is 44.7 Å². The first kappa shape index (κ1) is 17.5. The summed E-state index contributed by atoms with van der Waals surface area (Å²) in [6.07, 6.45) is 5.20. The first-order valence-corrected chi connectivity index (χ1v) is 8.59. The molecule has 1 saturated heterocycles. The molecule has 0 atom stereocenters. The Balaban J connectivity index is 1.71. The number of hydrogen-bond acceptors (Lipinski definition) is 4. The molecule has 2 N–H and O–H groups in total. The van der Waals surface area contributed by atoms with Gasteiger partial charge in [0.15, 0.2) is 0 Å². The highest BCUT2D eigenvalue weighted by Crippen LogP contribution is 2.13. The van der Waals surface area contributed by atoms with Crippen molar-refractivity contribution in [3.8, 4) is 0 Å². The Morgan fingerprint density at radius 3 is 2.61 bits per heavy atom. The van der Waals surface area contributed by atoms with Gasteiger partial charge < -0.3 is 20.4 Å². The van der Waals surface area contributed by atoms with E-state index < -0.39 is 0 Å². The van der Waals surface area contributed by atoms with Crippen LogP contribution in [0.25, 0.3) is 0 Å². The second-order valence-corrected chi connectivity index (χ2v) is 6.13. The molecule has 1 aromatic rings. The van der Waals surface area contributed by atoms with Crippen LogP contribution >= 0.6 is 0 Å². The summed E-state index contributed by atoms with van der Waals surface area (Å²) >= 11 is 0. The number of anilines is 1. The summed E-state index contributed by atoms with van der Waals surface area (Å²) in [5, 5.41) is 5.74. The summed E-state index contributed by atoms with van der Waals surface area (Å²) in [6.45, 7) is 7.57. The Labute approximate surface area is 139 Å². The second kappa shape index (κ2) is 9.35. The van der Waals surface area contributed by atoms with Gasteiger partial charge in [-0.15, -0.1) is 0 Å². The van der Waals surface area contributed by atoms with E-state index in [1.807, 2.05) is 18.3 Å². The van der Waals surface area contributed by atoms with Crippen LogP contribution in [-0.2, 0) is 6.54 Å². The number of nitrogens with zero attached hydrogens (tertiary/aromatic N) is 3. The van der Waals surface area contributed by atoms with E-state index in [0.717, 1.165) is 63.4 Å². The lowest BCUT2D eigenvalue weighted by Crippen LogP contribution is -2.44. The summed E-state index contributed by atoms with van der Waals surface area (Å²) < 4.78 is 0. The predicted octanol–water partition coefficient (Wildman–Crippen LogP) is 1.82. The van der Waals surface area contributed by atoms with E-state index in [9.17, 15) is 4.79 Å². The van der Waals surface area contributed by atoms with Crippen molar-refractivity contribution < 1.29 is 4.79 Å². The zero-order valence-electron chi connectivity index (χ0n) is 14.3. The number of piperazine rings is 1. The number of carbonyl (C=O) groups excluding carboxylic acids is 1. The Bertz CT molecular complexity index is 468. The minimum absolute atomic E-state index is 0.107. The number of hydrogen-bond donors (Lipinski definition) is 2. The average molecular weight is 319 g/mol. The molecule has 2 heterocycles. The molecule has 1 aliphatic rings. The van der Waals surface area contributed by atoms with E-state index in [0.29, 0.717) is 6.54 Å². The molecule has 6 nitrogen and oxygen atoms in total. The van der Waals surface area contributed by atoms with E-state index in [-0.39, 0.29) is 6.03 Å². The molecule has 2 rings (SSSR count). The first-order chi connectivity index (χ1) is 11.2. The molecule has 6 heteroatoms. The van der Waals surface area contributed by atoms with E-state index in [4.69, 9.17) is 0 Å². The molecular formula is C17H29N5O. The lowest BCUT2D eigenvalue weighted by molar-refractivity contribution is 0.240. The largest absolute Gasteiger partial charge is 0.354 e. The maximum absolute atomic E-state index is 11.7. The summed E-state index contributed by atoms with van der Waals surface area (Å²) in [5.74, 6) is 1.02. The minimum Gasteiger partial charge on any atom is -0.354 e. The smallest absolute Gasteiger partial charge is 0.315 e. The molecule has 1 aliphatic heterocycles. The number of rotatable bonds is 7. The van der Waals surface area contributed by atoms with Gasteiger partial charge in [-0.25, -0.2) is 9.78 Å². The van der Waals surface area contributed by atoms with Crippen LogP contribution in [0.1, 0.15) is 31.7 Å². The number of unbranched alkanes of at least 4 members (excludes halogenated alkanes) is 2. The van der Waals surface area contributed by atoms with Gasteiger partial charge >= 0.3 is 6.03 Å². The molecular weight excluding hydrogens is 290 g/mol. The Kier molecular flexibility index (Phi) is 7.13. The third-order valence-corrected chi connectivity index (χ3v) is 4.16. The normalized spacial score (nSPS) is 15.5. The molecule has 0 unspecified atom stereocenters. The topological polar surface area (TPSA) is 60.5 Å². The number of carbonyl (C=O) groups is 1. The molecule has 0 radical (unpaired) electrons. The van der Waals surface area contributed by atoms with Crippen LogP contribution in [-0.4, -0.2) is 55.7 Å². The van der Waals surface area contributed by atoms with Gasteiger partial charge in [0.05, 0.1) is 0 Å². The van der Waals surface area contributed by atoms with Crippen LogP contribution in [0.2, 0.25) is 0 Å². The number of likely N-dealkylation sites (N-methyl/N-ethyl adjacent to an activating group) is 1. The van der Waals surface area contributed by atoms with E-state index in [1.165, 1.54) is 0 Å². The lowest BCUT2D eigenvalue weighted by Gasteiger charge is -2.33. The molecule has 1 fully saturated rings. The SMILES string of the molecule is CCCCCNC(=O)NCc1ccc(N2CCN(C)CC2)nc1. The molecule has 0 aromatic carbocycles.